The van der Waals surface area contributed by atoms with Gasteiger partial charge in [-0.2, -0.15) is 0 Å². The van der Waals surface area contributed by atoms with Crippen molar-refractivity contribution >= 4 is 22.7 Å². The Labute approximate surface area is 165 Å². The van der Waals surface area contributed by atoms with Gasteiger partial charge < -0.3 is 19.9 Å². The van der Waals surface area contributed by atoms with Gasteiger partial charge in [-0.05, 0) is 24.5 Å². The third kappa shape index (κ3) is 4.54. The summed E-state index contributed by atoms with van der Waals surface area (Å²) in [6, 6.07) is 8.04. The second-order valence-electron chi connectivity index (χ2n) is 7.63. The molecule has 28 heavy (non-hydrogen) atoms. The molecule has 2 fully saturated rings. The van der Waals surface area contributed by atoms with Crippen LogP contribution in [0.4, 0.5) is 0 Å². The SMILES string of the molecule is O=C(CN1CCN(C(=O)Cc2c[nH]c3ccccc23)CC1)NCC1CCCO1. The van der Waals surface area contributed by atoms with Gasteiger partial charge in [-0.3, -0.25) is 14.5 Å². The summed E-state index contributed by atoms with van der Waals surface area (Å²) in [6.45, 7) is 4.58. The number of carbonyl (C=O) groups is 2. The van der Waals surface area contributed by atoms with E-state index in [4.69, 9.17) is 4.74 Å². The summed E-state index contributed by atoms with van der Waals surface area (Å²) in [6.07, 6.45) is 4.61. The number of fused-ring (bicyclic) bond motifs is 1. The quantitative estimate of drug-likeness (QED) is 0.783. The molecule has 2 N–H and O–H groups in total. The topological polar surface area (TPSA) is 77.7 Å². The standard InChI is InChI=1S/C21H28N4O3/c26-20(23-14-17-4-3-11-28-17)15-24-7-9-25(10-8-24)21(27)12-16-13-22-19-6-2-1-5-18(16)19/h1-2,5-6,13,17,22H,3-4,7-12,14-15H2,(H,23,26). The highest BCUT2D eigenvalue weighted by atomic mass is 16.5. The lowest BCUT2D eigenvalue weighted by atomic mass is 10.1. The Bertz CT molecular complexity index is 820. The van der Waals surface area contributed by atoms with Gasteiger partial charge in [-0.25, -0.2) is 0 Å². The number of ether oxygens (including phenoxy) is 1. The molecule has 2 aromatic rings. The number of hydrogen-bond acceptors (Lipinski definition) is 4. The average molecular weight is 384 g/mol. The summed E-state index contributed by atoms with van der Waals surface area (Å²) in [5, 5.41) is 4.07. The molecule has 1 atom stereocenters. The predicted molar refractivity (Wildman–Crippen MR) is 107 cm³/mol. The number of aromatic nitrogens is 1. The Balaban J connectivity index is 1.21. The van der Waals surface area contributed by atoms with Gasteiger partial charge in [0.05, 0.1) is 19.1 Å². The number of nitrogens with zero attached hydrogens (tertiary/aromatic N) is 2. The van der Waals surface area contributed by atoms with Crippen LogP contribution in [0.25, 0.3) is 10.9 Å². The van der Waals surface area contributed by atoms with Crippen molar-refractivity contribution in [3.63, 3.8) is 0 Å². The van der Waals surface area contributed by atoms with E-state index in [1.54, 1.807) is 0 Å². The van der Waals surface area contributed by atoms with Crippen LogP contribution < -0.4 is 5.32 Å². The van der Waals surface area contributed by atoms with Crippen LogP contribution in [0.1, 0.15) is 18.4 Å². The lowest BCUT2D eigenvalue weighted by Crippen LogP contribution is -2.51. The van der Waals surface area contributed by atoms with Crippen molar-refractivity contribution < 1.29 is 14.3 Å². The molecular formula is C21H28N4O3. The molecule has 0 saturated carbocycles. The van der Waals surface area contributed by atoms with Crippen molar-refractivity contribution in [2.45, 2.75) is 25.4 Å². The third-order valence-electron chi connectivity index (χ3n) is 5.66. The smallest absolute Gasteiger partial charge is 0.234 e. The number of rotatable bonds is 6. The summed E-state index contributed by atoms with van der Waals surface area (Å²) in [4.78, 5) is 32.1. The maximum atomic E-state index is 12.7. The second kappa shape index (κ2) is 8.75. The fourth-order valence-electron chi connectivity index (χ4n) is 4.00. The second-order valence-corrected chi connectivity index (χ2v) is 7.63. The zero-order chi connectivity index (χ0) is 19.3. The van der Waals surface area contributed by atoms with Gasteiger partial charge in [0.25, 0.3) is 0 Å². The van der Waals surface area contributed by atoms with Crippen molar-refractivity contribution in [1.82, 2.24) is 20.1 Å². The molecule has 1 aromatic carbocycles. The minimum atomic E-state index is 0.0362. The molecule has 0 spiro atoms. The lowest BCUT2D eigenvalue weighted by molar-refractivity contribution is -0.132. The Kier molecular flexibility index (Phi) is 5.92. The Morgan fingerprint density at radius 2 is 2.00 bits per heavy atom. The van der Waals surface area contributed by atoms with Gasteiger partial charge >= 0.3 is 0 Å². The number of piperazine rings is 1. The highest BCUT2D eigenvalue weighted by Gasteiger charge is 2.23. The molecule has 2 aliphatic heterocycles. The molecule has 2 aliphatic rings. The first kappa shape index (κ1) is 19.0. The maximum absolute atomic E-state index is 12.7. The van der Waals surface area contributed by atoms with Crippen LogP contribution in [0.3, 0.4) is 0 Å². The summed E-state index contributed by atoms with van der Waals surface area (Å²) < 4.78 is 5.53. The predicted octanol–water partition coefficient (Wildman–Crippen LogP) is 1.15. The van der Waals surface area contributed by atoms with Crippen LogP contribution >= 0.6 is 0 Å². The summed E-state index contributed by atoms with van der Waals surface area (Å²) in [7, 11) is 0. The molecule has 4 rings (SSSR count). The van der Waals surface area contributed by atoms with E-state index in [9.17, 15) is 9.59 Å². The van der Waals surface area contributed by atoms with Crippen LogP contribution in [0.15, 0.2) is 30.5 Å². The number of carbonyl (C=O) groups excluding carboxylic acids is 2. The first-order valence-corrected chi connectivity index (χ1v) is 10.1. The van der Waals surface area contributed by atoms with Crippen molar-refractivity contribution in [1.29, 1.82) is 0 Å². The Morgan fingerprint density at radius 3 is 2.79 bits per heavy atom. The van der Waals surface area contributed by atoms with Crippen LogP contribution in [-0.4, -0.2) is 78.6 Å². The van der Waals surface area contributed by atoms with Crippen molar-refractivity contribution in [3.05, 3.63) is 36.0 Å². The highest BCUT2D eigenvalue weighted by Crippen LogP contribution is 2.19. The largest absolute Gasteiger partial charge is 0.376 e. The van der Waals surface area contributed by atoms with E-state index in [0.717, 1.165) is 49.0 Å². The van der Waals surface area contributed by atoms with E-state index < -0.39 is 0 Å². The Hall–Kier alpha value is -2.38. The van der Waals surface area contributed by atoms with Gasteiger partial charge in [0.15, 0.2) is 0 Å². The molecule has 7 nitrogen and oxygen atoms in total. The van der Waals surface area contributed by atoms with Gasteiger partial charge in [0.2, 0.25) is 11.8 Å². The fraction of sp³-hybridized carbons (Fsp3) is 0.524. The maximum Gasteiger partial charge on any atom is 0.234 e. The van der Waals surface area contributed by atoms with E-state index in [2.05, 4.69) is 15.2 Å². The normalized spacial score (nSPS) is 20.6. The summed E-state index contributed by atoms with van der Waals surface area (Å²) in [5.74, 6) is 0.182. The van der Waals surface area contributed by atoms with E-state index in [0.29, 0.717) is 32.6 Å². The molecule has 150 valence electrons. The van der Waals surface area contributed by atoms with Gasteiger partial charge in [0.1, 0.15) is 0 Å². The molecule has 7 heteroatoms. The number of H-pyrrole nitrogens is 1. The van der Waals surface area contributed by atoms with Gasteiger partial charge in [-0.1, -0.05) is 18.2 Å². The first-order valence-electron chi connectivity index (χ1n) is 10.1. The zero-order valence-corrected chi connectivity index (χ0v) is 16.2. The van der Waals surface area contributed by atoms with E-state index >= 15 is 0 Å². The molecule has 2 saturated heterocycles. The monoisotopic (exact) mass is 384 g/mol. The molecule has 0 radical (unpaired) electrons. The van der Waals surface area contributed by atoms with Crippen LogP contribution in [-0.2, 0) is 20.7 Å². The molecule has 1 unspecified atom stereocenters. The third-order valence-corrected chi connectivity index (χ3v) is 5.66. The van der Waals surface area contributed by atoms with E-state index in [1.165, 1.54) is 0 Å². The fourth-order valence-corrected chi connectivity index (χ4v) is 4.00. The first-order chi connectivity index (χ1) is 13.7. The summed E-state index contributed by atoms with van der Waals surface area (Å²) in [5.41, 5.74) is 2.10. The summed E-state index contributed by atoms with van der Waals surface area (Å²) >= 11 is 0. The van der Waals surface area contributed by atoms with Crippen LogP contribution in [0, 0.1) is 0 Å². The number of benzene rings is 1. The number of aromatic amines is 1. The number of para-hydroxylation sites is 1. The van der Waals surface area contributed by atoms with Gasteiger partial charge in [-0.15, -0.1) is 0 Å². The molecular weight excluding hydrogens is 356 g/mol. The van der Waals surface area contributed by atoms with Crippen molar-refractivity contribution in [3.8, 4) is 0 Å². The Morgan fingerprint density at radius 1 is 1.18 bits per heavy atom. The molecule has 0 bridgehead atoms. The minimum Gasteiger partial charge on any atom is -0.376 e. The lowest BCUT2D eigenvalue weighted by Gasteiger charge is -2.34. The highest BCUT2D eigenvalue weighted by molar-refractivity contribution is 5.89. The molecule has 2 amide bonds. The zero-order valence-electron chi connectivity index (χ0n) is 16.2. The van der Waals surface area contributed by atoms with Crippen LogP contribution in [0.5, 0.6) is 0 Å². The van der Waals surface area contributed by atoms with E-state index in [1.807, 2.05) is 35.4 Å². The van der Waals surface area contributed by atoms with Gasteiger partial charge in [0, 0.05) is 56.4 Å². The van der Waals surface area contributed by atoms with Crippen molar-refractivity contribution in [2.75, 3.05) is 45.9 Å². The molecule has 1 aromatic heterocycles. The average Bonchev–Trinajstić information content (AvgIpc) is 3.37. The van der Waals surface area contributed by atoms with Crippen molar-refractivity contribution in [2.24, 2.45) is 0 Å². The number of amides is 2. The van der Waals surface area contributed by atoms with Crippen LogP contribution in [0.2, 0.25) is 0 Å². The minimum absolute atomic E-state index is 0.0362. The van der Waals surface area contributed by atoms with E-state index in [-0.39, 0.29) is 17.9 Å². The number of nitrogens with one attached hydrogen (secondary N) is 2. The molecule has 0 aliphatic carbocycles. The molecule has 3 heterocycles. The number of hydrogen-bond donors (Lipinski definition) is 2.